The zero-order valence-electron chi connectivity index (χ0n) is 17.9. The van der Waals surface area contributed by atoms with Gasteiger partial charge < -0.3 is 20.1 Å². The molecule has 5 N–H and O–H groups in total. The molecule has 0 aliphatic carbocycles. The molecular weight excluding hydrogens is 420 g/mol. The number of carbonyl (C=O) groups is 1. The molecule has 0 aromatic heterocycles. The summed E-state index contributed by atoms with van der Waals surface area (Å²) in [6.07, 6.45) is 1.60. The van der Waals surface area contributed by atoms with Crippen LogP contribution in [0.1, 0.15) is 24.4 Å². The lowest BCUT2D eigenvalue weighted by Gasteiger charge is -2.49. The summed E-state index contributed by atoms with van der Waals surface area (Å²) in [5, 5.41) is 4.15. The van der Waals surface area contributed by atoms with Crippen molar-refractivity contribution in [3.63, 3.8) is 0 Å². The number of methoxy groups -OCH3 is 1. The Labute approximate surface area is 187 Å². The van der Waals surface area contributed by atoms with Crippen molar-refractivity contribution in [2.24, 2.45) is 17.1 Å². The molecule has 4 fully saturated rings. The van der Waals surface area contributed by atoms with Crippen LogP contribution in [0.2, 0.25) is 5.02 Å². The maximum absolute atomic E-state index is 13.5. The standard InChI is InChI=1S/C21H31ClN6O3/c1-27-19(29)15-17(12-4-3-5-13(30-2)16(12)22)25-26-18(15)24-20(27)28-8-6-21(7-9-28)11-31-10-14(21)23/h3-5,14-15,17-18,20,24-26H,6-11,23H2,1-2H3/t14-,15?,17?,18?,20?/m1/s1. The van der Waals surface area contributed by atoms with E-state index in [0.717, 1.165) is 38.1 Å². The van der Waals surface area contributed by atoms with E-state index in [1.54, 1.807) is 7.11 Å². The molecule has 1 spiro atoms. The number of rotatable bonds is 3. The minimum Gasteiger partial charge on any atom is -0.495 e. The molecule has 5 atom stereocenters. The van der Waals surface area contributed by atoms with Gasteiger partial charge in [-0.05, 0) is 24.5 Å². The molecule has 31 heavy (non-hydrogen) atoms. The molecule has 4 aliphatic heterocycles. The highest BCUT2D eigenvalue weighted by atomic mass is 35.5. The third-order valence-corrected chi connectivity index (χ3v) is 8.01. The second-order valence-electron chi connectivity index (χ2n) is 9.14. The van der Waals surface area contributed by atoms with Gasteiger partial charge in [0.05, 0.1) is 43.5 Å². The molecule has 4 aliphatic rings. The second kappa shape index (κ2) is 8.15. The van der Waals surface area contributed by atoms with Crippen LogP contribution in [0.4, 0.5) is 0 Å². The van der Waals surface area contributed by atoms with E-state index in [2.05, 4.69) is 21.1 Å². The van der Waals surface area contributed by atoms with E-state index in [1.807, 2.05) is 30.1 Å². The van der Waals surface area contributed by atoms with Crippen LogP contribution in [0.25, 0.3) is 0 Å². The predicted molar refractivity (Wildman–Crippen MR) is 116 cm³/mol. The predicted octanol–water partition coefficient (Wildman–Crippen LogP) is 0.225. The SMILES string of the molecule is COc1cccc(C2NNC3NC(N4CCC5(CC4)COC[C@H]5N)N(C)C(=O)C32)c1Cl. The molecule has 4 heterocycles. The van der Waals surface area contributed by atoms with Crippen molar-refractivity contribution in [2.45, 2.75) is 37.4 Å². The van der Waals surface area contributed by atoms with E-state index >= 15 is 0 Å². The van der Waals surface area contributed by atoms with E-state index in [9.17, 15) is 4.79 Å². The number of benzene rings is 1. The van der Waals surface area contributed by atoms with Gasteiger partial charge in [0.25, 0.3) is 0 Å². The number of hydrogen-bond acceptors (Lipinski definition) is 8. The van der Waals surface area contributed by atoms with Crippen molar-refractivity contribution in [1.29, 1.82) is 0 Å². The van der Waals surface area contributed by atoms with E-state index in [0.29, 0.717) is 17.4 Å². The first-order valence-electron chi connectivity index (χ1n) is 10.9. The zero-order chi connectivity index (χ0) is 21.8. The van der Waals surface area contributed by atoms with Gasteiger partial charge in [0.2, 0.25) is 5.91 Å². The number of halogens is 1. The molecule has 1 aromatic rings. The van der Waals surface area contributed by atoms with Gasteiger partial charge in [-0.2, -0.15) is 0 Å². The Morgan fingerprint density at radius 3 is 2.74 bits per heavy atom. The molecular formula is C21H31ClN6O3. The van der Waals surface area contributed by atoms with Gasteiger partial charge >= 0.3 is 0 Å². The molecule has 4 saturated heterocycles. The molecule has 0 bridgehead atoms. The summed E-state index contributed by atoms with van der Waals surface area (Å²) in [6, 6.07) is 5.49. The first-order valence-corrected chi connectivity index (χ1v) is 11.3. The maximum atomic E-state index is 13.5. The van der Waals surface area contributed by atoms with Crippen LogP contribution < -0.4 is 26.6 Å². The van der Waals surface area contributed by atoms with Gasteiger partial charge in [-0.3, -0.25) is 15.0 Å². The van der Waals surface area contributed by atoms with Crippen LogP contribution in [0, 0.1) is 11.3 Å². The molecule has 1 aromatic carbocycles. The van der Waals surface area contributed by atoms with E-state index in [1.165, 1.54) is 0 Å². The highest BCUT2D eigenvalue weighted by Crippen LogP contribution is 2.41. The summed E-state index contributed by atoms with van der Waals surface area (Å²) in [4.78, 5) is 17.6. The number of carbonyl (C=O) groups excluding carboxylic acids is 1. The Hall–Kier alpha value is -1.46. The Bertz CT molecular complexity index is 848. The smallest absolute Gasteiger partial charge is 0.232 e. The van der Waals surface area contributed by atoms with Crippen LogP contribution >= 0.6 is 11.6 Å². The third-order valence-electron chi connectivity index (χ3n) is 7.60. The normalized spacial score (nSPS) is 35.5. The number of ether oxygens (including phenoxy) is 2. The first kappa shape index (κ1) is 21.4. The van der Waals surface area contributed by atoms with Crippen LogP contribution in [-0.4, -0.2) is 74.7 Å². The van der Waals surface area contributed by atoms with E-state index in [-0.39, 0.29) is 41.8 Å². The van der Waals surface area contributed by atoms with Gasteiger partial charge in [-0.15, -0.1) is 0 Å². The number of nitrogens with two attached hydrogens (primary N) is 1. The molecule has 4 unspecified atom stereocenters. The largest absolute Gasteiger partial charge is 0.495 e. The average molecular weight is 451 g/mol. The fourth-order valence-electron chi connectivity index (χ4n) is 5.56. The van der Waals surface area contributed by atoms with Gasteiger partial charge in [-0.25, -0.2) is 10.9 Å². The molecule has 0 radical (unpaired) electrons. The fraction of sp³-hybridized carbons (Fsp3) is 0.667. The van der Waals surface area contributed by atoms with Crippen LogP contribution in [0.3, 0.4) is 0 Å². The molecule has 1 amide bonds. The van der Waals surface area contributed by atoms with Crippen molar-refractivity contribution >= 4 is 17.5 Å². The number of fused-ring (bicyclic) bond motifs is 1. The van der Waals surface area contributed by atoms with Crippen molar-refractivity contribution in [3.05, 3.63) is 28.8 Å². The van der Waals surface area contributed by atoms with Crippen LogP contribution in [-0.2, 0) is 9.53 Å². The summed E-state index contributed by atoms with van der Waals surface area (Å²) in [5.41, 5.74) is 13.8. The average Bonchev–Trinajstić information content (AvgIpc) is 3.35. The number of amides is 1. The summed E-state index contributed by atoms with van der Waals surface area (Å²) in [7, 11) is 3.46. The minimum atomic E-state index is -0.321. The lowest BCUT2D eigenvalue weighted by molar-refractivity contribution is -0.151. The van der Waals surface area contributed by atoms with Gasteiger partial charge in [0.15, 0.2) is 0 Å². The zero-order valence-corrected chi connectivity index (χ0v) is 18.7. The summed E-state index contributed by atoms with van der Waals surface area (Å²) >= 11 is 6.56. The quantitative estimate of drug-likeness (QED) is 0.518. The Morgan fingerprint density at radius 1 is 1.29 bits per heavy atom. The number of nitrogens with one attached hydrogen (secondary N) is 3. The third kappa shape index (κ3) is 3.43. The molecule has 0 saturated carbocycles. The lowest BCUT2D eigenvalue weighted by atomic mass is 9.75. The van der Waals surface area contributed by atoms with Gasteiger partial charge in [0.1, 0.15) is 12.0 Å². The lowest BCUT2D eigenvalue weighted by Crippen LogP contribution is -2.70. The Balaban J connectivity index is 1.31. The molecule has 170 valence electrons. The van der Waals surface area contributed by atoms with Gasteiger partial charge in [0, 0.05) is 31.6 Å². The van der Waals surface area contributed by atoms with Crippen molar-refractivity contribution in [1.82, 2.24) is 26.0 Å². The van der Waals surface area contributed by atoms with Crippen LogP contribution in [0.5, 0.6) is 5.75 Å². The molecule has 5 rings (SSSR count). The van der Waals surface area contributed by atoms with Crippen molar-refractivity contribution < 1.29 is 14.3 Å². The molecule has 10 heteroatoms. The Kier molecular flexibility index (Phi) is 5.62. The van der Waals surface area contributed by atoms with Crippen LogP contribution in [0.15, 0.2) is 18.2 Å². The summed E-state index contributed by atoms with van der Waals surface area (Å²) in [5.74, 6) is 0.359. The highest BCUT2D eigenvalue weighted by molar-refractivity contribution is 6.32. The first-order chi connectivity index (χ1) is 14.9. The Morgan fingerprint density at radius 2 is 2.06 bits per heavy atom. The monoisotopic (exact) mass is 450 g/mol. The molecule has 9 nitrogen and oxygen atoms in total. The topological polar surface area (TPSA) is 104 Å². The van der Waals surface area contributed by atoms with E-state index in [4.69, 9.17) is 26.8 Å². The highest BCUT2D eigenvalue weighted by Gasteiger charge is 2.52. The van der Waals surface area contributed by atoms with E-state index < -0.39 is 0 Å². The second-order valence-corrected chi connectivity index (χ2v) is 9.52. The number of hydrazine groups is 1. The summed E-state index contributed by atoms with van der Waals surface area (Å²) in [6.45, 7) is 3.15. The fourth-order valence-corrected chi connectivity index (χ4v) is 5.88. The van der Waals surface area contributed by atoms with Crippen molar-refractivity contribution in [2.75, 3.05) is 40.5 Å². The van der Waals surface area contributed by atoms with Gasteiger partial charge in [-0.1, -0.05) is 23.7 Å². The number of piperidine rings is 1. The number of likely N-dealkylation sites (tertiary alicyclic amines) is 1. The summed E-state index contributed by atoms with van der Waals surface area (Å²) < 4.78 is 11.0. The minimum absolute atomic E-state index is 0.0799. The number of hydrogen-bond donors (Lipinski definition) is 4. The number of nitrogens with zero attached hydrogens (tertiary/aromatic N) is 2. The maximum Gasteiger partial charge on any atom is 0.232 e. The van der Waals surface area contributed by atoms with Crippen molar-refractivity contribution in [3.8, 4) is 5.75 Å².